The van der Waals surface area contributed by atoms with E-state index in [1.807, 2.05) is 24.3 Å². The number of nitrogens with zero attached hydrogens (tertiary/aromatic N) is 1. The van der Waals surface area contributed by atoms with Crippen LogP contribution in [0.4, 0.5) is 11.4 Å². The third-order valence-electron chi connectivity index (χ3n) is 4.52. The van der Waals surface area contributed by atoms with Crippen LogP contribution in [0.5, 0.6) is 0 Å². The number of nitrogens with one attached hydrogen (secondary N) is 1. The van der Waals surface area contributed by atoms with Gasteiger partial charge in [-0.25, -0.2) is 4.79 Å². The Labute approximate surface area is 162 Å². The fourth-order valence-corrected chi connectivity index (χ4v) is 3.41. The molecule has 27 heavy (non-hydrogen) atoms. The quantitative estimate of drug-likeness (QED) is 0.649. The van der Waals surface area contributed by atoms with E-state index in [9.17, 15) is 14.4 Å². The lowest BCUT2D eigenvalue weighted by molar-refractivity contribution is -0.122. The van der Waals surface area contributed by atoms with E-state index in [1.54, 1.807) is 29.2 Å². The zero-order valence-corrected chi connectivity index (χ0v) is 15.7. The Bertz CT molecular complexity index is 1090. The molecule has 136 valence electrons. The number of halogens is 1. The molecule has 2 heterocycles. The number of fused-ring (bicyclic) bond motifs is 1. The van der Waals surface area contributed by atoms with Crippen molar-refractivity contribution in [1.29, 1.82) is 0 Å². The normalized spacial score (nSPS) is 16.7. The molecule has 4 rings (SSSR count). The molecule has 2 aromatic carbocycles. The molecule has 6 nitrogen and oxygen atoms in total. The highest BCUT2D eigenvalue weighted by atomic mass is 79.9. The Hall–Kier alpha value is -2.93. The summed E-state index contributed by atoms with van der Waals surface area (Å²) in [7, 11) is 0. The van der Waals surface area contributed by atoms with Gasteiger partial charge in [0.05, 0.1) is 5.92 Å². The predicted molar refractivity (Wildman–Crippen MR) is 106 cm³/mol. The molecular weight excluding hydrogens is 412 g/mol. The topological polar surface area (TPSA) is 79.6 Å². The van der Waals surface area contributed by atoms with Gasteiger partial charge in [0.1, 0.15) is 5.58 Å². The smallest absolute Gasteiger partial charge is 0.336 e. The van der Waals surface area contributed by atoms with E-state index in [2.05, 4.69) is 21.2 Å². The van der Waals surface area contributed by atoms with Gasteiger partial charge in [0.2, 0.25) is 11.8 Å². The van der Waals surface area contributed by atoms with Crippen LogP contribution >= 0.6 is 15.9 Å². The van der Waals surface area contributed by atoms with E-state index in [0.29, 0.717) is 23.2 Å². The SMILES string of the molecule is O=C(Nc1ccc2oc(=O)ccc2c1)[C@H]1CC(=O)N(c2ccc(Br)cc2)C1. The third-order valence-corrected chi connectivity index (χ3v) is 5.05. The Morgan fingerprint density at radius 2 is 1.85 bits per heavy atom. The average molecular weight is 427 g/mol. The number of anilines is 2. The number of rotatable bonds is 3. The first-order valence-electron chi connectivity index (χ1n) is 8.40. The molecule has 7 heteroatoms. The molecule has 2 amide bonds. The van der Waals surface area contributed by atoms with Crippen LogP contribution in [0.15, 0.2) is 68.3 Å². The fraction of sp³-hybridized carbons (Fsp3) is 0.150. The van der Waals surface area contributed by atoms with Crippen LogP contribution in [-0.4, -0.2) is 18.4 Å². The molecule has 0 radical (unpaired) electrons. The maximum atomic E-state index is 12.6. The van der Waals surface area contributed by atoms with Gasteiger partial charge < -0.3 is 14.6 Å². The van der Waals surface area contributed by atoms with Crippen LogP contribution in [0.2, 0.25) is 0 Å². The Balaban J connectivity index is 1.48. The van der Waals surface area contributed by atoms with Gasteiger partial charge in [0.15, 0.2) is 0 Å². The van der Waals surface area contributed by atoms with Crippen LogP contribution in [0.25, 0.3) is 11.0 Å². The summed E-state index contributed by atoms with van der Waals surface area (Å²) in [5.41, 5.74) is 1.41. The second kappa shape index (κ2) is 7.00. The highest BCUT2D eigenvalue weighted by molar-refractivity contribution is 9.10. The maximum Gasteiger partial charge on any atom is 0.336 e. The Kier molecular flexibility index (Phi) is 4.53. The third kappa shape index (κ3) is 3.64. The van der Waals surface area contributed by atoms with E-state index >= 15 is 0 Å². The number of hydrogen-bond donors (Lipinski definition) is 1. The van der Waals surface area contributed by atoms with Crippen molar-refractivity contribution in [2.24, 2.45) is 5.92 Å². The zero-order valence-electron chi connectivity index (χ0n) is 14.1. The van der Waals surface area contributed by atoms with Crippen molar-refractivity contribution < 1.29 is 14.0 Å². The number of hydrogen-bond acceptors (Lipinski definition) is 4. The number of carbonyl (C=O) groups is 2. The molecule has 0 unspecified atom stereocenters. The molecule has 0 spiro atoms. The van der Waals surface area contributed by atoms with Crippen LogP contribution in [0, 0.1) is 5.92 Å². The minimum atomic E-state index is -0.425. The standard InChI is InChI=1S/C20H15BrN2O4/c21-14-2-5-16(6-3-14)23-11-13(10-18(23)24)20(26)22-15-4-7-17-12(9-15)1-8-19(25)27-17/h1-9,13H,10-11H2,(H,22,26)/t13-/m0/s1. The predicted octanol–water partition coefficient (Wildman–Crippen LogP) is 3.55. The van der Waals surface area contributed by atoms with Crippen molar-refractivity contribution in [2.45, 2.75) is 6.42 Å². The first kappa shape index (κ1) is 17.5. The van der Waals surface area contributed by atoms with Crippen molar-refractivity contribution in [3.8, 4) is 0 Å². The van der Waals surface area contributed by atoms with Gasteiger partial charge in [-0.2, -0.15) is 0 Å². The zero-order chi connectivity index (χ0) is 19.0. The van der Waals surface area contributed by atoms with Crippen molar-refractivity contribution >= 4 is 50.1 Å². The van der Waals surface area contributed by atoms with Gasteiger partial charge in [-0.3, -0.25) is 9.59 Å². The summed E-state index contributed by atoms with van der Waals surface area (Å²) in [5, 5.41) is 3.56. The highest BCUT2D eigenvalue weighted by Crippen LogP contribution is 2.27. The van der Waals surface area contributed by atoms with Gasteiger partial charge in [-0.15, -0.1) is 0 Å². The molecule has 1 aliphatic heterocycles. The summed E-state index contributed by atoms with van der Waals surface area (Å²) < 4.78 is 6.01. The molecule has 1 N–H and O–H groups in total. The number of benzene rings is 2. The second-order valence-corrected chi connectivity index (χ2v) is 7.29. The van der Waals surface area contributed by atoms with Gasteiger partial charge in [0, 0.05) is 40.3 Å². The van der Waals surface area contributed by atoms with Gasteiger partial charge in [-0.05, 0) is 48.5 Å². The lowest BCUT2D eigenvalue weighted by Crippen LogP contribution is -2.28. The first-order valence-corrected chi connectivity index (χ1v) is 9.19. The van der Waals surface area contributed by atoms with Gasteiger partial charge in [-0.1, -0.05) is 15.9 Å². The van der Waals surface area contributed by atoms with Gasteiger partial charge >= 0.3 is 5.63 Å². The van der Waals surface area contributed by atoms with Crippen LogP contribution < -0.4 is 15.8 Å². The second-order valence-electron chi connectivity index (χ2n) is 6.38. The van der Waals surface area contributed by atoms with Gasteiger partial charge in [0.25, 0.3) is 0 Å². The van der Waals surface area contributed by atoms with E-state index in [-0.39, 0.29) is 18.2 Å². The van der Waals surface area contributed by atoms with Crippen LogP contribution in [0.3, 0.4) is 0 Å². The fourth-order valence-electron chi connectivity index (χ4n) is 3.15. The lowest BCUT2D eigenvalue weighted by atomic mass is 10.1. The molecule has 0 bridgehead atoms. The van der Waals surface area contributed by atoms with Crippen molar-refractivity contribution in [2.75, 3.05) is 16.8 Å². The summed E-state index contributed by atoms with van der Waals surface area (Å²) in [6.45, 7) is 0.342. The monoisotopic (exact) mass is 426 g/mol. The molecular formula is C20H15BrN2O4. The minimum Gasteiger partial charge on any atom is -0.423 e. The summed E-state index contributed by atoms with van der Waals surface area (Å²) in [6.07, 6.45) is 0.171. The molecule has 3 aromatic rings. The minimum absolute atomic E-state index is 0.0715. The Morgan fingerprint density at radius 1 is 1.07 bits per heavy atom. The molecule has 1 aliphatic rings. The average Bonchev–Trinajstić information content (AvgIpc) is 3.04. The molecule has 1 saturated heterocycles. The van der Waals surface area contributed by atoms with E-state index < -0.39 is 11.5 Å². The first-order chi connectivity index (χ1) is 13.0. The summed E-state index contributed by atoms with van der Waals surface area (Å²) >= 11 is 3.37. The Morgan fingerprint density at radius 3 is 2.63 bits per heavy atom. The summed E-state index contributed by atoms with van der Waals surface area (Å²) in [6, 6.07) is 15.4. The maximum absolute atomic E-state index is 12.6. The summed E-state index contributed by atoms with van der Waals surface area (Å²) in [5.74, 6) is -0.706. The summed E-state index contributed by atoms with van der Waals surface area (Å²) in [4.78, 5) is 37.8. The lowest BCUT2D eigenvalue weighted by Gasteiger charge is -2.17. The highest BCUT2D eigenvalue weighted by Gasteiger charge is 2.35. The van der Waals surface area contributed by atoms with E-state index in [0.717, 1.165) is 10.2 Å². The number of carbonyl (C=O) groups excluding carboxylic acids is 2. The molecule has 1 fully saturated rings. The van der Waals surface area contributed by atoms with Crippen LogP contribution in [0.1, 0.15) is 6.42 Å². The molecule has 1 atom stereocenters. The van der Waals surface area contributed by atoms with E-state index in [1.165, 1.54) is 6.07 Å². The largest absolute Gasteiger partial charge is 0.423 e. The van der Waals surface area contributed by atoms with Crippen molar-refractivity contribution in [3.05, 3.63) is 69.5 Å². The van der Waals surface area contributed by atoms with E-state index in [4.69, 9.17) is 4.42 Å². The van der Waals surface area contributed by atoms with Crippen molar-refractivity contribution in [3.63, 3.8) is 0 Å². The van der Waals surface area contributed by atoms with Crippen LogP contribution in [-0.2, 0) is 9.59 Å². The molecule has 0 aliphatic carbocycles. The molecule has 0 saturated carbocycles. The van der Waals surface area contributed by atoms with Crippen molar-refractivity contribution in [1.82, 2.24) is 0 Å². The number of amides is 2. The molecule has 1 aromatic heterocycles.